The second kappa shape index (κ2) is 9.65. The number of carbonyl (C=O) groups is 1. The first-order valence-electron chi connectivity index (χ1n) is 8.00. The van der Waals surface area contributed by atoms with Gasteiger partial charge in [-0.2, -0.15) is 0 Å². The summed E-state index contributed by atoms with van der Waals surface area (Å²) in [7, 11) is 1.61. The van der Waals surface area contributed by atoms with E-state index in [0.29, 0.717) is 42.8 Å². The van der Waals surface area contributed by atoms with Crippen LogP contribution < -0.4 is 5.32 Å². The first-order chi connectivity index (χ1) is 12.0. The lowest BCUT2D eigenvalue weighted by atomic mass is 10.2. The van der Waals surface area contributed by atoms with Gasteiger partial charge in [0.15, 0.2) is 0 Å². The molecule has 2 amide bonds. The molecule has 1 heterocycles. The van der Waals surface area contributed by atoms with E-state index in [4.69, 9.17) is 27.9 Å². The van der Waals surface area contributed by atoms with E-state index in [1.54, 1.807) is 30.3 Å². The molecule has 25 heavy (non-hydrogen) atoms. The first-order valence-corrected chi connectivity index (χ1v) is 8.76. The van der Waals surface area contributed by atoms with Crippen molar-refractivity contribution in [3.63, 3.8) is 0 Å². The Hall–Kier alpha value is -1.76. The molecule has 2 rings (SSSR count). The third-order valence-electron chi connectivity index (χ3n) is 3.67. The van der Waals surface area contributed by atoms with E-state index in [9.17, 15) is 4.79 Å². The van der Waals surface area contributed by atoms with Gasteiger partial charge in [-0.15, -0.1) is 0 Å². The number of urea groups is 1. The van der Waals surface area contributed by atoms with Gasteiger partial charge in [0, 0.05) is 42.6 Å². The van der Waals surface area contributed by atoms with Gasteiger partial charge < -0.3 is 19.5 Å². The summed E-state index contributed by atoms with van der Waals surface area (Å²) in [5.41, 5.74) is 0.937. The van der Waals surface area contributed by atoms with Crippen molar-refractivity contribution in [1.82, 2.24) is 19.8 Å². The average Bonchev–Trinajstić information content (AvgIpc) is 3.01. The molecule has 2 aromatic rings. The fraction of sp³-hybridized carbons (Fsp3) is 0.412. The van der Waals surface area contributed by atoms with Crippen LogP contribution in [0, 0.1) is 0 Å². The van der Waals surface area contributed by atoms with Crippen LogP contribution in [0.3, 0.4) is 0 Å². The van der Waals surface area contributed by atoms with E-state index in [2.05, 4.69) is 10.3 Å². The highest BCUT2D eigenvalue weighted by molar-refractivity contribution is 6.35. The number of nitrogens with one attached hydrogen (secondary N) is 1. The molecular formula is C17H22Cl2N4O2. The van der Waals surface area contributed by atoms with Gasteiger partial charge in [-0.3, -0.25) is 0 Å². The zero-order valence-corrected chi connectivity index (χ0v) is 15.8. The average molecular weight is 385 g/mol. The summed E-state index contributed by atoms with van der Waals surface area (Å²) in [6.07, 6.45) is 3.58. The second-order valence-corrected chi connectivity index (χ2v) is 6.30. The van der Waals surface area contributed by atoms with Crippen LogP contribution in [0.5, 0.6) is 0 Å². The maximum absolute atomic E-state index is 12.2. The number of amides is 2. The molecule has 1 aromatic heterocycles. The van der Waals surface area contributed by atoms with Crippen molar-refractivity contribution in [3.05, 3.63) is 52.0 Å². The SMILES string of the molecule is CCNC(=O)N(CCOC)Cc1nccn1Cc1ccc(Cl)cc1Cl. The molecule has 0 saturated carbocycles. The summed E-state index contributed by atoms with van der Waals surface area (Å²) in [5, 5.41) is 4.01. The minimum Gasteiger partial charge on any atom is -0.383 e. The Labute approximate surface area is 157 Å². The monoisotopic (exact) mass is 384 g/mol. The number of methoxy groups -OCH3 is 1. The van der Waals surface area contributed by atoms with E-state index < -0.39 is 0 Å². The van der Waals surface area contributed by atoms with E-state index in [-0.39, 0.29) is 6.03 Å². The van der Waals surface area contributed by atoms with Crippen LogP contribution in [0.1, 0.15) is 18.3 Å². The van der Waals surface area contributed by atoms with E-state index >= 15 is 0 Å². The summed E-state index contributed by atoms with van der Waals surface area (Å²) in [6.45, 7) is 4.33. The van der Waals surface area contributed by atoms with Gasteiger partial charge in [-0.1, -0.05) is 29.3 Å². The fourth-order valence-electron chi connectivity index (χ4n) is 2.36. The molecule has 0 aliphatic carbocycles. The van der Waals surface area contributed by atoms with Crippen molar-refractivity contribution < 1.29 is 9.53 Å². The molecule has 6 nitrogen and oxygen atoms in total. The van der Waals surface area contributed by atoms with Crippen molar-refractivity contribution in [2.24, 2.45) is 0 Å². The van der Waals surface area contributed by atoms with Crippen LogP contribution >= 0.6 is 23.2 Å². The lowest BCUT2D eigenvalue weighted by Gasteiger charge is -2.22. The molecule has 0 atom stereocenters. The highest BCUT2D eigenvalue weighted by atomic mass is 35.5. The van der Waals surface area contributed by atoms with Crippen LogP contribution in [-0.4, -0.2) is 47.3 Å². The van der Waals surface area contributed by atoms with E-state index in [0.717, 1.165) is 11.4 Å². The molecule has 0 saturated heterocycles. The molecule has 0 aliphatic heterocycles. The van der Waals surface area contributed by atoms with Crippen molar-refractivity contribution in [2.75, 3.05) is 26.8 Å². The van der Waals surface area contributed by atoms with Crippen LogP contribution in [0.4, 0.5) is 4.79 Å². The summed E-state index contributed by atoms with van der Waals surface area (Å²) < 4.78 is 7.06. The van der Waals surface area contributed by atoms with Gasteiger partial charge >= 0.3 is 6.03 Å². The first kappa shape index (κ1) is 19.6. The van der Waals surface area contributed by atoms with Gasteiger partial charge in [-0.05, 0) is 24.6 Å². The topological polar surface area (TPSA) is 59.4 Å². The number of nitrogens with zero attached hydrogens (tertiary/aromatic N) is 3. The fourth-order valence-corrected chi connectivity index (χ4v) is 2.82. The van der Waals surface area contributed by atoms with Gasteiger partial charge in [0.25, 0.3) is 0 Å². The second-order valence-electron chi connectivity index (χ2n) is 5.46. The maximum atomic E-state index is 12.2. The molecule has 0 spiro atoms. The zero-order chi connectivity index (χ0) is 18.2. The lowest BCUT2D eigenvalue weighted by molar-refractivity contribution is 0.145. The molecule has 1 aromatic carbocycles. The Balaban J connectivity index is 2.14. The quantitative estimate of drug-likeness (QED) is 0.758. The molecular weight excluding hydrogens is 363 g/mol. The summed E-state index contributed by atoms with van der Waals surface area (Å²) in [6, 6.07) is 5.27. The van der Waals surface area contributed by atoms with Crippen LogP contribution in [0.15, 0.2) is 30.6 Å². The van der Waals surface area contributed by atoms with Crippen molar-refractivity contribution >= 4 is 29.2 Å². The molecule has 136 valence electrons. The number of ether oxygens (including phenoxy) is 1. The molecule has 0 unspecified atom stereocenters. The highest BCUT2D eigenvalue weighted by Crippen LogP contribution is 2.22. The predicted octanol–water partition coefficient (Wildman–Crippen LogP) is 3.42. The van der Waals surface area contributed by atoms with Crippen LogP contribution in [0.2, 0.25) is 10.0 Å². The molecule has 0 radical (unpaired) electrons. The number of hydrogen-bond acceptors (Lipinski definition) is 3. The number of carbonyl (C=O) groups excluding carboxylic acids is 1. The number of halogens is 2. The number of hydrogen-bond donors (Lipinski definition) is 1. The number of imidazole rings is 1. The minimum absolute atomic E-state index is 0.140. The Bertz CT molecular complexity index is 706. The predicted molar refractivity (Wildman–Crippen MR) is 99.1 cm³/mol. The van der Waals surface area contributed by atoms with Gasteiger partial charge in [-0.25, -0.2) is 9.78 Å². The Morgan fingerprint density at radius 1 is 1.40 bits per heavy atom. The zero-order valence-electron chi connectivity index (χ0n) is 14.3. The molecule has 8 heteroatoms. The largest absolute Gasteiger partial charge is 0.383 e. The van der Waals surface area contributed by atoms with Crippen molar-refractivity contribution in [2.45, 2.75) is 20.0 Å². The van der Waals surface area contributed by atoms with Crippen molar-refractivity contribution in [3.8, 4) is 0 Å². The maximum Gasteiger partial charge on any atom is 0.317 e. The number of aromatic nitrogens is 2. The summed E-state index contributed by atoms with van der Waals surface area (Å²) in [4.78, 5) is 18.3. The van der Waals surface area contributed by atoms with Crippen molar-refractivity contribution in [1.29, 1.82) is 0 Å². The summed E-state index contributed by atoms with van der Waals surface area (Å²) >= 11 is 12.2. The minimum atomic E-state index is -0.140. The van der Waals surface area contributed by atoms with Gasteiger partial charge in [0.05, 0.1) is 19.7 Å². The number of rotatable bonds is 8. The third kappa shape index (κ3) is 5.63. The normalized spacial score (nSPS) is 10.7. The molecule has 0 bridgehead atoms. The van der Waals surface area contributed by atoms with Gasteiger partial charge in [0.1, 0.15) is 5.82 Å². The Morgan fingerprint density at radius 2 is 2.20 bits per heavy atom. The smallest absolute Gasteiger partial charge is 0.317 e. The summed E-state index contributed by atoms with van der Waals surface area (Å²) in [5.74, 6) is 0.772. The lowest BCUT2D eigenvalue weighted by Crippen LogP contribution is -2.41. The van der Waals surface area contributed by atoms with Crippen LogP contribution in [-0.2, 0) is 17.8 Å². The number of benzene rings is 1. The van der Waals surface area contributed by atoms with Crippen LogP contribution in [0.25, 0.3) is 0 Å². The molecule has 1 N–H and O–H groups in total. The Kier molecular flexibility index (Phi) is 7.55. The standard InChI is InChI=1S/C17H22Cl2N4O2/c1-3-20-17(24)23(8-9-25-2)12-16-21-6-7-22(16)11-13-4-5-14(18)10-15(13)19/h4-7,10H,3,8-9,11-12H2,1-2H3,(H,20,24). The highest BCUT2D eigenvalue weighted by Gasteiger charge is 2.16. The van der Waals surface area contributed by atoms with Gasteiger partial charge in [0.2, 0.25) is 0 Å². The van der Waals surface area contributed by atoms with E-state index in [1.165, 1.54) is 0 Å². The molecule has 0 fully saturated rings. The third-order valence-corrected chi connectivity index (χ3v) is 4.26. The Morgan fingerprint density at radius 3 is 2.88 bits per heavy atom. The van der Waals surface area contributed by atoms with E-state index in [1.807, 2.05) is 23.8 Å². The molecule has 0 aliphatic rings.